The lowest BCUT2D eigenvalue weighted by Gasteiger charge is -2.35. The maximum Gasteiger partial charge on any atom is 0.228 e. The summed E-state index contributed by atoms with van der Waals surface area (Å²) in [5, 5.41) is 18.9. The fourth-order valence-electron chi connectivity index (χ4n) is 2.00. The molecule has 0 aliphatic rings. The molecular formula is C13H15BrN4O2. The lowest BCUT2D eigenvalue weighted by atomic mass is 10.00. The third-order valence-electron chi connectivity index (χ3n) is 3.21. The van der Waals surface area contributed by atoms with Gasteiger partial charge in [0.15, 0.2) is 5.82 Å². The highest BCUT2D eigenvalue weighted by Gasteiger charge is 2.42. The molecule has 2 aromatic rings. The monoisotopic (exact) mass is 338 g/mol. The second-order valence-electron chi connectivity index (χ2n) is 4.53. The third-order valence-corrected chi connectivity index (χ3v) is 3.70. The largest absolute Gasteiger partial charge is 0.361 e. The first-order chi connectivity index (χ1) is 9.37. The summed E-state index contributed by atoms with van der Waals surface area (Å²) >= 11 is 3.37. The SMILES string of the molecule is CC(=O)N(C)C(O)(c1cccc(Br)c1)c1nncn1C. The summed E-state index contributed by atoms with van der Waals surface area (Å²) < 4.78 is 2.38. The van der Waals surface area contributed by atoms with Crippen LogP contribution in [0.1, 0.15) is 18.3 Å². The molecule has 1 unspecified atom stereocenters. The molecule has 0 aliphatic carbocycles. The molecule has 2 rings (SSSR count). The molecule has 1 N–H and O–H groups in total. The molecule has 0 fully saturated rings. The first-order valence-corrected chi connectivity index (χ1v) is 6.74. The van der Waals surface area contributed by atoms with Gasteiger partial charge >= 0.3 is 0 Å². The van der Waals surface area contributed by atoms with Crippen LogP contribution in [0.5, 0.6) is 0 Å². The van der Waals surface area contributed by atoms with Crippen molar-refractivity contribution in [3.05, 3.63) is 46.5 Å². The molecule has 0 spiro atoms. The molecule has 1 atom stereocenters. The highest BCUT2D eigenvalue weighted by atomic mass is 79.9. The fourth-order valence-corrected chi connectivity index (χ4v) is 2.40. The summed E-state index contributed by atoms with van der Waals surface area (Å²) in [7, 11) is 3.24. The first-order valence-electron chi connectivity index (χ1n) is 5.94. The second kappa shape index (κ2) is 5.34. The Hall–Kier alpha value is -1.73. The summed E-state index contributed by atoms with van der Waals surface area (Å²) in [6.45, 7) is 1.39. The van der Waals surface area contributed by atoms with Gasteiger partial charge in [-0.15, -0.1) is 10.2 Å². The summed E-state index contributed by atoms with van der Waals surface area (Å²) in [6, 6.07) is 7.11. The number of aromatic nitrogens is 3. The number of hydrogen-bond donors (Lipinski definition) is 1. The van der Waals surface area contributed by atoms with Crippen LogP contribution < -0.4 is 0 Å². The zero-order valence-electron chi connectivity index (χ0n) is 11.4. The predicted octanol–water partition coefficient (Wildman–Crippen LogP) is 1.25. The van der Waals surface area contributed by atoms with Gasteiger partial charge in [-0.25, -0.2) is 0 Å². The Morgan fingerprint density at radius 1 is 1.50 bits per heavy atom. The number of rotatable bonds is 3. The molecule has 106 valence electrons. The molecule has 1 aromatic heterocycles. The van der Waals surface area contributed by atoms with Crippen molar-refractivity contribution in [2.75, 3.05) is 7.05 Å². The van der Waals surface area contributed by atoms with Gasteiger partial charge in [-0.2, -0.15) is 0 Å². The van der Waals surface area contributed by atoms with E-state index >= 15 is 0 Å². The molecule has 1 aromatic carbocycles. The van der Waals surface area contributed by atoms with Crippen LogP contribution in [-0.2, 0) is 17.6 Å². The number of aryl methyl sites for hydroxylation is 1. The van der Waals surface area contributed by atoms with Crippen molar-refractivity contribution < 1.29 is 9.90 Å². The van der Waals surface area contributed by atoms with Crippen molar-refractivity contribution in [3.8, 4) is 0 Å². The van der Waals surface area contributed by atoms with Gasteiger partial charge in [0.05, 0.1) is 0 Å². The summed E-state index contributed by atoms with van der Waals surface area (Å²) in [5.74, 6) is -0.0104. The molecule has 0 aliphatic heterocycles. The fraction of sp³-hybridized carbons (Fsp3) is 0.308. The molecule has 7 heteroatoms. The minimum absolute atomic E-state index is 0.272. The van der Waals surface area contributed by atoms with E-state index in [2.05, 4.69) is 26.1 Å². The van der Waals surface area contributed by atoms with Crippen molar-refractivity contribution in [2.24, 2.45) is 7.05 Å². The third kappa shape index (κ3) is 2.34. The lowest BCUT2D eigenvalue weighted by Crippen LogP contribution is -2.48. The molecule has 0 bridgehead atoms. The van der Waals surface area contributed by atoms with Gasteiger partial charge in [0.2, 0.25) is 11.6 Å². The topological polar surface area (TPSA) is 71.2 Å². The normalized spacial score (nSPS) is 13.8. The zero-order valence-corrected chi connectivity index (χ0v) is 13.0. The lowest BCUT2D eigenvalue weighted by molar-refractivity contribution is -0.149. The zero-order chi connectivity index (χ0) is 14.9. The van der Waals surface area contributed by atoms with E-state index in [9.17, 15) is 9.90 Å². The molecule has 20 heavy (non-hydrogen) atoms. The minimum Gasteiger partial charge on any atom is -0.361 e. The van der Waals surface area contributed by atoms with Crippen LogP contribution in [0.2, 0.25) is 0 Å². The molecule has 1 amide bonds. The van der Waals surface area contributed by atoms with E-state index in [1.165, 1.54) is 25.2 Å². The number of halogens is 1. The van der Waals surface area contributed by atoms with Crippen LogP contribution in [-0.4, -0.2) is 37.7 Å². The molecule has 6 nitrogen and oxygen atoms in total. The van der Waals surface area contributed by atoms with Crippen LogP contribution >= 0.6 is 15.9 Å². The van der Waals surface area contributed by atoms with Gasteiger partial charge in [-0.3, -0.25) is 4.79 Å². The van der Waals surface area contributed by atoms with Crippen LogP contribution in [0.3, 0.4) is 0 Å². The van der Waals surface area contributed by atoms with Crippen molar-refractivity contribution in [1.29, 1.82) is 0 Å². The Morgan fingerprint density at radius 2 is 2.20 bits per heavy atom. The number of carbonyl (C=O) groups is 1. The van der Waals surface area contributed by atoms with Crippen molar-refractivity contribution in [3.63, 3.8) is 0 Å². The number of carbonyl (C=O) groups excluding carboxylic acids is 1. The summed E-state index contributed by atoms with van der Waals surface area (Å²) in [4.78, 5) is 13.0. The van der Waals surface area contributed by atoms with E-state index in [0.29, 0.717) is 5.56 Å². The van der Waals surface area contributed by atoms with Crippen LogP contribution in [0.25, 0.3) is 0 Å². The van der Waals surface area contributed by atoms with Gasteiger partial charge in [-0.05, 0) is 12.1 Å². The number of amides is 1. The molecular weight excluding hydrogens is 324 g/mol. The minimum atomic E-state index is -1.68. The molecule has 1 heterocycles. The number of benzene rings is 1. The van der Waals surface area contributed by atoms with E-state index in [-0.39, 0.29) is 11.7 Å². The highest BCUT2D eigenvalue weighted by molar-refractivity contribution is 9.10. The summed E-state index contributed by atoms with van der Waals surface area (Å²) in [6.07, 6.45) is 1.48. The van der Waals surface area contributed by atoms with Crippen molar-refractivity contribution >= 4 is 21.8 Å². The van der Waals surface area contributed by atoms with Crippen LogP contribution in [0, 0.1) is 0 Å². The van der Waals surface area contributed by atoms with E-state index < -0.39 is 5.72 Å². The second-order valence-corrected chi connectivity index (χ2v) is 5.44. The Bertz CT molecular complexity index is 643. The Kier molecular flexibility index (Phi) is 3.92. The van der Waals surface area contributed by atoms with Crippen molar-refractivity contribution in [2.45, 2.75) is 12.6 Å². The maximum atomic E-state index is 11.8. The van der Waals surface area contributed by atoms with E-state index in [1.807, 2.05) is 6.07 Å². The standard InChI is InChI=1S/C13H15BrN4O2/c1-9(19)18(3)13(20,12-16-15-8-17(12)2)10-5-4-6-11(14)7-10/h4-8,20H,1-3H3. The Labute approximate surface area is 125 Å². The van der Waals surface area contributed by atoms with E-state index in [1.54, 1.807) is 29.8 Å². The van der Waals surface area contributed by atoms with Gasteiger partial charge < -0.3 is 14.6 Å². The maximum absolute atomic E-state index is 11.8. The Morgan fingerprint density at radius 3 is 2.70 bits per heavy atom. The average Bonchev–Trinajstić information content (AvgIpc) is 2.83. The molecule has 0 saturated carbocycles. The number of hydrogen-bond acceptors (Lipinski definition) is 4. The summed E-state index contributed by atoms with van der Waals surface area (Å²) in [5.41, 5.74) is -1.15. The van der Waals surface area contributed by atoms with Gasteiger partial charge in [0.25, 0.3) is 0 Å². The van der Waals surface area contributed by atoms with Crippen molar-refractivity contribution in [1.82, 2.24) is 19.7 Å². The Balaban J connectivity index is 2.67. The van der Waals surface area contributed by atoms with Gasteiger partial charge in [0, 0.05) is 31.1 Å². The van der Waals surface area contributed by atoms with Gasteiger partial charge in [-0.1, -0.05) is 28.1 Å². The van der Waals surface area contributed by atoms with E-state index in [0.717, 1.165) is 4.47 Å². The number of nitrogens with zero attached hydrogens (tertiary/aromatic N) is 4. The first kappa shape index (κ1) is 14.7. The van der Waals surface area contributed by atoms with Crippen LogP contribution in [0.4, 0.5) is 0 Å². The van der Waals surface area contributed by atoms with E-state index in [4.69, 9.17) is 0 Å². The van der Waals surface area contributed by atoms with Crippen LogP contribution in [0.15, 0.2) is 35.1 Å². The van der Waals surface area contributed by atoms with Gasteiger partial charge in [0.1, 0.15) is 6.33 Å². The average molecular weight is 339 g/mol. The number of aliphatic hydroxyl groups is 1. The molecule has 0 radical (unpaired) electrons. The molecule has 0 saturated heterocycles. The predicted molar refractivity (Wildman–Crippen MR) is 76.6 cm³/mol. The smallest absolute Gasteiger partial charge is 0.228 e. The highest BCUT2D eigenvalue weighted by Crippen LogP contribution is 2.32. The quantitative estimate of drug-likeness (QED) is 0.855.